The Morgan fingerprint density at radius 3 is 2.33 bits per heavy atom. The molecule has 2 amide bonds. The lowest BCUT2D eigenvalue weighted by atomic mass is 10.2. The summed E-state index contributed by atoms with van der Waals surface area (Å²) in [5.41, 5.74) is 3.30. The third-order valence-corrected chi connectivity index (χ3v) is 4.90. The first-order valence-corrected chi connectivity index (χ1v) is 10.2. The van der Waals surface area contributed by atoms with Gasteiger partial charge >= 0.3 is 17.8 Å². The van der Waals surface area contributed by atoms with Gasteiger partial charge in [0.15, 0.2) is 0 Å². The fourth-order valence-electron chi connectivity index (χ4n) is 2.53. The number of nitrogens with one attached hydrogen (secondary N) is 2. The number of nitrogens with zero attached hydrogens (tertiary/aromatic N) is 1. The molecule has 0 aromatic heterocycles. The van der Waals surface area contributed by atoms with Crippen LogP contribution in [0, 0.1) is 0 Å². The number of carbonyl (C=O) groups is 3. The van der Waals surface area contributed by atoms with Crippen molar-refractivity contribution in [3.05, 3.63) is 87.9 Å². The maximum absolute atomic E-state index is 12.3. The summed E-state index contributed by atoms with van der Waals surface area (Å²) in [6.07, 6.45) is 1.30. The number of methoxy groups -OCH3 is 1. The maximum Gasteiger partial charge on any atom is 0.343 e. The lowest BCUT2D eigenvalue weighted by Gasteiger charge is -2.06. The number of hydrazone groups is 1. The van der Waals surface area contributed by atoms with Gasteiger partial charge in [0.05, 0.1) is 28.9 Å². The van der Waals surface area contributed by atoms with Crippen LogP contribution in [0.2, 0.25) is 10.0 Å². The molecule has 0 saturated heterocycles. The molecule has 0 bridgehead atoms. The highest BCUT2D eigenvalue weighted by molar-refractivity contribution is 6.43. The lowest BCUT2D eigenvalue weighted by molar-refractivity contribution is -0.136. The molecule has 0 aliphatic carbocycles. The van der Waals surface area contributed by atoms with Crippen molar-refractivity contribution in [3.63, 3.8) is 0 Å². The van der Waals surface area contributed by atoms with E-state index in [1.165, 1.54) is 31.5 Å². The van der Waals surface area contributed by atoms with E-state index in [2.05, 4.69) is 15.8 Å². The molecule has 0 unspecified atom stereocenters. The van der Waals surface area contributed by atoms with Crippen molar-refractivity contribution in [2.75, 3.05) is 12.4 Å². The Morgan fingerprint density at radius 1 is 0.879 bits per heavy atom. The van der Waals surface area contributed by atoms with Gasteiger partial charge in [0.2, 0.25) is 0 Å². The molecule has 0 heterocycles. The quantitative estimate of drug-likeness (QED) is 0.178. The summed E-state index contributed by atoms with van der Waals surface area (Å²) in [5.74, 6) is -1.56. The van der Waals surface area contributed by atoms with Gasteiger partial charge in [-0.05, 0) is 60.2 Å². The van der Waals surface area contributed by atoms with Crippen molar-refractivity contribution in [2.24, 2.45) is 5.10 Å². The number of halogens is 2. The third kappa shape index (κ3) is 6.80. The standard InChI is InChI=1S/C23H17Cl2N3O5/c1-32-17-8-5-15(6-9-17)23(31)33-18-4-2-3-14(11-18)13-26-28-22(30)21(29)27-16-7-10-19(24)20(25)12-16/h2-13H,1H3,(H,27,29)(H,28,30)/b26-13-. The predicted octanol–water partition coefficient (Wildman–Crippen LogP) is 4.31. The Balaban J connectivity index is 1.55. The van der Waals surface area contributed by atoms with Crippen LogP contribution >= 0.6 is 23.2 Å². The minimum Gasteiger partial charge on any atom is -0.497 e. The van der Waals surface area contributed by atoms with Crippen LogP contribution in [0.25, 0.3) is 0 Å². The van der Waals surface area contributed by atoms with Crippen LogP contribution in [0.4, 0.5) is 5.69 Å². The first-order valence-electron chi connectivity index (χ1n) is 9.41. The zero-order valence-electron chi connectivity index (χ0n) is 17.2. The van der Waals surface area contributed by atoms with Gasteiger partial charge in [-0.2, -0.15) is 5.10 Å². The molecule has 2 N–H and O–H groups in total. The second-order valence-corrected chi connectivity index (χ2v) is 7.29. The fourth-order valence-corrected chi connectivity index (χ4v) is 2.83. The molecular weight excluding hydrogens is 469 g/mol. The molecule has 0 aliphatic rings. The zero-order valence-corrected chi connectivity index (χ0v) is 18.7. The van der Waals surface area contributed by atoms with Gasteiger partial charge in [0.25, 0.3) is 0 Å². The van der Waals surface area contributed by atoms with E-state index in [0.29, 0.717) is 27.6 Å². The summed E-state index contributed by atoms with van der Waals surface area (Å²) in [7, 11) is 1.53. The van der Waals surface area contributed by atoms with Crippen LogP contribution in [-0.4, -0.2) is 31.1 Å². The minimum absolute atomic E-state index is 0.237. The lowest BCUT2D eigenvalue weighted by Crippen LogP contribution is -2.32. The first kappa shape index (κ1) is 23.8. The Labute approximate surface area is 199 Å². The number of rotatable bonds is 6. The Bertz CT molecular complexity index is 1210. The average molecular weight is 486 g/mol. The predicted molar refractivity (Wildman–Crippen MR) is 125 cm³/mol. The second-order valence-electron chi connectivity index (χ2n) is 6.47. The van der Waals surface area contributed by atoms with Gasteiger partial charge in [-0.3, -0.25) is 9.59 Å². The van der Waals surface area contributed by atoms with E-state index in [0.717, 1.165) is 0 Å². The normalized spacial score (nSPS) is 10.5. The molecule has 33 heavy (non-hydrogen) atoms. The van der Waals surface area contributed by atoms with Crippen LogP contribution in [0.5, 0.6) is 11.5 Å². The molecule has 3 rings (SSSR count). The van der Waals surface area contributed by atoms with E-state index in [1.807, 2.05) is 0 Å². The van der Waals surface area contributed by atoms with E-state index < -0.39 is 17.8 Å². The molecule has 0 atom stereocenters. The number of hydrogen-bond donors (Lipinski definition) is 2. The summed E-state index contributed by atoms with van der Waals surface area (Å²) in [6, 6.07) is 17.4. The van der Waals surface area contributed by atoms with Crippen LogP contribution in [0.3, 0.4) is 0 Å². The molecule has 3 aromatic rings. The monoisotopic (exact) mass is 485 g/mol. The van der Waals surface area contributed by atoms with Crippen molar-refractivity contribution in [3.8, 4) is 11.5 Å². The molecule has 0 fully saturated rings. The SMILES string of the molecule is COc1ccc(C(=O)Oc2cccc(/C=N\NC(=O)C(=O)Nc3ccc(Cl)c(Cl)c3)c2)cc1. The van der Waals surface area contributed by atoms with Gasteiger partial charge in [-0.15, -0.1) is 0 Å². The molecule has 10 heteroatoms. The van der Waals surface area contributed by atoms with Crippen molar-refractivity contribution in [1.29, 1.82) is 0 Å². The zero-order chi connectivity index (χ0) is 23.8. The topological polar surface area (TPSA) is 106 Å². The number of hydrogen-bond acceptors (Lipinski definition) is 6. The van der Waals surface area contributed by atoms with Crippen molar-refractivity contribution in [2.45, 2.75) is 0 Å². The third-order valence-electron chi connectivity index (χ3n) is 4.16. The van der Waals surface area contributed by atoms with E-state index in [9.17, 15) is 14.4 Å². The second kappa shape index (κ2) is 11.1. The molecular formula is C23H17Cl2N3O5. The molecule has 8 nitrogen and oxygen atoms in total. The molecule has 0 radical (unpaired) electrons. The largest absolute Gasteiger partial charge is 0.497 e. The van der Waals surface area contributed by atoms with E-state index in [1.54, 1.807) is 48.5 Å². The summed E-state index contributed by atoms with van der Waals surface area (Å²) in [4.78, 5) is 36.2. The molecule has 168 valence electrons. The van der Waals surface area contributed by atoms with Gasteiger partial charge in [0.1, 0.15) is 11.5 Å². The number of ether oxygens (including phenoxy) is 2. The average Bonchev–Trinajstić information content (AvgIpc) is 2.81. The summed E-state index contributed by atoms with van der Waals surface area (Å²) in [6.45, 7) is 0. The van der Waals surface area contributed by atoms with Gasteiger partial charge in [0, 0.05) is 5.69 Å². The molecule has 0 saturated carbocycles. The number of benzene rings is 3. The van der Waals surface area contributed by atoms with E-state index in [-0.39, 0.29) is 10.8 Å². The smallest absolute Gasteiger partial charge is 0.343 e. The van der Waals surface area contributed by atoms with Gasteiger partial charge in [-0.1, -0.05) is 35.3 Å². The molecule has 3 aromatic carbocycles. The summed E-state index contributed by atoms with van der Waals surface area (Å²) >= 11 is 11.7. The van der Waals surface area contributed by atoms with Gasteiger partial charge < -0.3 is 14.8 Å². The van der Waals surface area contributed by atoms with Crippen molar-refractivity contribution >= 4 is 52.9 Å². The van der Waals surface area contributed by atoms with Gasteiger partial charge in [-0.25, -0.2) is 10.2 Å². The van der Waals surface area contributed by atoms with Crippen LogP contribution in [0.1, 0.15) is 15.9 Å². The van der Waals surface area contributed by atoms with Crippen molar-refractivity contribution in [1.82, 2.24) is 5.43 Å². The van der Waals surface area contributed by atoms with E-state index in [4.69, 9.17) is 32.7 Å². The highest BCUT2D eigenvalue weighted by Gasteiger charge is 2.13. The minimum atomic E-state index is -0.987. The first-order chi connectivity index (χ1) is 15.9. The maximum atomic E-state index is 12.3. The number of amides is 2. The van der Waals surface area contributed by atoms with E-state index >= 15 is 0 Å². The number of esters is 1. The summed E-state index contributed by atoms with van der Waals surface area (Å²) < 4.78 is 10.4. The van der Waals surface area contributed by atoms with Crippen molar-refractivity contribution < 1.29 is 23.9 Å². The summed E-state index contributed by atoms with van der Waals surface area (Å²) in [5, 5.41) is 6.68. The Morgan fingerprint density at radius 2 is 1.64 bits per heavy atom. The Kier molecular flexibility index (Phi) is 8.01. The highest BCUT2D eigenvalue weighted by atomic mass is 35.5. The highest BCUT2D eigenvalue weighted by Crippen LogP contribution is 2.25. The molecule has 0 spiro atoms. The van der Waals surface area contributed by atoms with Crippen LogP contribution < -0.4 is 20.2 Å². The van der Waals surface area contributed by atoms with Crippen LogP contribution in [-0.2, 0) is 9.59 Å². The molecule has 0 aliphatic heterocycles. The Hall–Kier alpha value is -3.88. The number of anilines is 1. The van der Waals surface area contributed by atoms with Crippen LogP contribution in [0.15, 0.2) is 71.8 Å². The number of carbonyl (C=O) groups excluding carboxylic acids is 3. The fraction of sp³-hybridized carbons (Fsp3) is 0.0435.